The third kappa shape index (κ3) is 5.23. The molecule has 2 nitrogen and oxygen atoms in total. The Hall–Kier alpha value is -0.900. The predicted octanol–water partition coefficient (Wildman–Crippen LogP) is 3.24. The summed E-state index contributed by atoms with van der Waals surface area (Å²) >= 11 is 0. The van der Waals surface area contributed by atoms with Gasteiger partial charge in [0.2, 0.25) is 0 Å². The van der Waals surface area contributed by atoms with Crippen molar-refractivity contribution in [2.24, 2.45) is 5.92 Å². The lowest BCUT2D eigenvalue weighted by Crippen LogP contribution is -2.36. The molecule has 1 fully saturated rings. The summed E-state index contributed by atoms with van der Waals surface area (Å²) in [6.07, 6.45) is 4.33. The smallest absolute Gasteiger partial charge is 0.127 e. The van der Waals surface area contributed by atoms with Gasteiger partial charge in [-0.2, -0.15) is 0 Å². The monoisotopic (exact) mass is 298 g/mol. The minimum absolute atomic E-state index is 0. The Morgan fingerprint density at radius 2 is 2.00 bits per heavy atom. The van der Waals surface area contributed by atoms with E-state index >= 15 is 0 Å². The van der Waals surface area contributed by atoms with Crippen LogP contribution >= 0.6 is 12.4 Å². The van der Waals surface area contributed by atoms with Crippen molar-refractivity contribution < 1.29 is 4.39 Å². The molecule has 0 aromatic heterocycles. The van der Waals surface area contributed by atoms with Crippen LogP contribution in [0.5, 0.6) is 0 Å². The number of piperidine rings is 1. The summed E-state index contributed by atoms with van der Waals surface area (Å²) in [5, 5.41) is 3.38. The van der Waals surface area contributed by atoms with Crippen LogP contribution in [0.3, 0.4) is 0 Å². The van der Waals surface area contributed by atoms with Crippen molar-refractivity contribution in [3.8, 4) is 0 Å². The van der Waals surface area contributed by atoms with E-state index < -0.39 is 0 Å². The van der Waals surface area contributed by atoms with Crippen LogP contribution in [0.15, 0.2) is 36.9 Å². The highest BCUT2D eigenvalue weighted by Crippen LogP contribution is 2.16. The average Bonchev–Trinajstić information content (AvgIpc) is 2.43. The lowest BCUT2D eigenvalue weighted by molar-refractivity contribution is 0.214. The van der Waals surface area contributed by atoms with Gasteiger partial charge in [-0.25, -0.2) is 4.39 Å². The Labute approximate surface area is 127 Å². The van der Waals surface area contributed by atoms with Crippen LogP contribution in [-0.4, -0.2) is 31.1 Å². The molecule has 0 bridgehead atoms. The van der Waals surface area contributed by atoms with Crippen LogP contribution in [0, 0.1) is 11.7 Å². The van der Waals surface area contributed by atoms with Crippen LogP contribution in [0.25, 0.3) is 0 Å². The number of nitrogens with one attached hydrogen (secondary N) is 1. The summed E-state index contributed by atoms with van der Waals surface area (Å²) in [6.45, 7) is 8.53. The maximum absolute atomic E-state index is 13.7. The van der Waals surface area contributed by atoms with E-state index in [1.807, 2.05) is 18.2 Å². The molecule has 1 saturated heterocycles. The third-order valence-corrected chi connectivity index (χ3v) is 3.71. The summed E-state index contributed by atoms with van der Waals surface area (Å²) in [4.78, 5) is 2.29. The quantitative estimate of drug-likeness (QED) is 0.811. The zero-order valence-corrected chi connectivity index (χ0v) is 12.7. The van der Waals surface area contributed by atoms with Gasteiger partial charge < -0.3 is 5.32 Å². The molecule has 1 aromatic carbocycles. The highest BCUT2D eigenvalue weighted by molar-refractivity contribution is 5.85. The Kier molecular flexibility index (Phi) is 7.82. The Balaban J connectivity index is 0.00000200. The van der Waals surface area contributed by atoms with Crippen LogP contribution in [0.2, 0.25) is 0 Å². The highest BCUT2D eigenvalue weighted by atomic mass is 35.5. The molecule has 4 heteroatoms. The largest absolute Gasteiger partial charge is 0.317 e. The predicted molar refractivity (Wildman–Crippen MR) is 84.7 cm³/mol. The molecule has 0 amide bonds. The average molecular weight is 299 g/mol. The number of benzene rings is 1. The second kappa shape index (κ2) is 9.11. The van der Waals surface area contributed by atoms with Gasteiger partial charge in [-0.3, -0.25) is 4.90 Å². The molecule has 0 unspecified atom stereocenters. The van der Waals surface area contributed by atoms with E-state index in [0.717, 1.165) is 31.7 Å². The summed E-state index contributed by atoms with van der Waals surface area (Å²) in [6, 6.07) is 7.04. The Morgan fingerprint density at radius 1 is 1.30 bits per heavy atom. The first kappa shape index (κ1) is 17.2. The van der Waals surface area contributed by atoms with Crippen LogP contribution < -0.4 is 5.32 Å². The zero-order chi connectivity index (χ0) is 13.5. The molecule has 0 saturated carbocycles. The van der Waals surface area contributed by atoms with Crippen molar-refractivity contribution in [1.29, 1.82) is 0 Å². The van der Waals surface area contributed by atoms with E-state index in [2.05, 4.69) is 16.8 Å². The van der Waals surface area contributed by atoms with E-state index in [9.17, 15) is 4.39 Å². The summed E-state index contributed by atoms with van der Waals surface area (Å²) in [7, 11) is 0. The highest BCUT2D eigenvalue weighted by Gasteiger charge is 2.17. The standard InChI is InChI=1S/C16H23FN2.ClH/c1-2-11-19(12-14-7-9-18-10-8-14)13-15-5-3-4-6-16(15)17;/h2-6,14,18H,1,7-13H2;1H. The first-order valence-electron chi connectivity index (χ1n) is 7.07. The summed E-state index contributed by atoms with van der Waals surface area (Å²) in [5.74, 6) is 0.606. The first-order chi connectivity index (χ1) is 9.29. The molecular weight excluding hydrogens is 275 g/mol. The number of rotatable bonds is 6. The molecule has 20 heavy (non-hydrogen) atoms. The molecule has 1 N–H and O–H groups in total. The van der Waals surface area contributed by atoms with Gasteiger partial charge in [0.1, 0.15) is 5.82 Å². The van der Waals surface area contributed by atoms with Crippen molar-refractivity contribution in [3.05, 3.63) is 48.3 Å². The van der Waals surface area contributed by atoms with Gasteiger partial charge in [0, 0.05) is 25.2 Å². The molecule has 112 valence electrons. The minimum atomic E-state index is -0.109. The van der Waals surface area contributed by atoms with Crippen LogP contribution in [-0.2, 0) is 6.54 Å². The van der Waals surface area contributed by atoms with E-state index in [1.54, 1.807) is 6.07 Å². The van der Waals surface area contributed by atoms with E-state index in [-0.39, 0.29) is 18.2 Å². The van der Waals surface area contributed by atoms with Gasteiger partial charge in [-0.1, -0.05) is 24.3 Å². The van der Waals surface area contributed by atoms with Gasteiger partial charge in [0.15, 0.2) is 0 Å². The molecule has 0 spiro atoms. The molecule has 1 aliphatic heterocycles. The van der Waals surface area contributed by atoms with Crippen LogP contribution in [0.4, 0.5) is 4.39 Å². The summed E-state index contributed by atoms with van der Waals surface area (Å²) in [5.41, 5.74) is 0.776. The molecule has 1 heterocycles. The van der Waals surface area contributed by atoms with Crippen molar-refractivity contribution in [3.63, 3.8) is 0 Å². The molecule has 0 radical (unpaired) electrons. The number of hydrogen-bond acceptors (Lipinski definition) is 2. The van der Waals surface area contributed by atoms with Crippen LogP contribution in [0.1, 0.15) is 18.4 Å². The van der Waals surface area contributed by atoms with E-state index in [4.69, 9.17) is 0 Å². The SMILES string of the molecule is C=CCN(Cc1ccccc1F)CC1CCNCC1.Cl. The summed E-state index contributed by atoms with van der Waals surface area (Å²) < 4.78 is 13.7. The zero-order valence-electron chi connectivity index (χ0n) is 11.9. The maximum atomic E-state index is 13.7. The maximum Gasteiger partial charge on any atom is 0.127 e. The van der Waals surface area contributed by atoms with Crippen molar-refractivity contribution >= 4 is 12.4 Å². The molecule has 1 aliphatic rings. The van der Waals surface area contributed by atoms with Gasteiger partial charge in [-0.05, 0) is 37.9 Å². The molecule has 1 aromatic rings. The van der Waals surface area contributed by atoms with Crippen molar-refractivity contribution in [2.45, 2.75) is 19.4 Å². The normalized spacial score (nSPS) is 15.9. The van der Waals surface area contributed by atoms with E-state index in [1.165, 1.54) is 18.9 Å². The number of halogens is 2. The lowest BCUT2D eigenvalue weighted by atomic mass is 9.97. The van der Waals surface area contributed by atoms with Gasteiger partial charge in [-0.15, -0.1) is 19.0 Å². The van der Waals surface area contributed by atoms with Gasteiger partial charge >= 0.3 is 0 Å². The van der Waals surface area contributed by atoms with Gasteiger partial charge in [0.25, 0.3) is 0 Å². The fourth-order valence-electron chi connectivity index (χ4n) is 2.68. The van der Waals surface area contributed by atoms with Gasteiger partial charge in [0.05, 0.1) is 0 Å². The third-order valence-electron chi connectivity index (χ3n) is 3.71. The fourth-order valence-corrected chi connectivity index (χ4v) is 2.68. The molecule has 0 atom stereocenters. The second-order valence-electron chi connectivity index (χ2n) is 5.27. The number of nitrogens with zero attached hydrogens (tertiary/aromatic N) is 1. The second-order valence-corrected chi connectivity index (χ2v) is 5.27. The lowest BCUT2D eigenvalue weighted by Gasteiger charge is -2.29. The fraction of sp³-hybridized carbons (Fsp3) is 0.500. The molecule has 2 rings (SSSR count). The van der Waals surface area contributed by atoms with Crippen molar-refractivity contribution in [1.82, 2.24) is 10.2 Å². The first-order valence-corrected chi connectivity index (χ1v) is 7.07. The molecule has 0 aliphatic carbocycles. The Bertz CT molecular complexity index is 405. The minimum Gasteiger partial charge on any atom is -0.317 e. The Morgan fingerprint density at radius 3 is 2.65 bits per heavy atom. The van der Waals surface area contributed by atoms with Crippen molar-refractivity contribution in [2.75, 3.05) is 26.2 Å². The number of hydrogen-bond donors (Lipinski definition) is 1. The topological polar surface area (TPSA) is 15.3 Å². The molecular formula is C16H24ClFN2. The van der Waals surface area contributed by atoms with E-state index in [0.29, 0.717) is 12.5 Å².